The Bertz CT molecular complexity index is 999. The number of amides is 2. The highest BCUT2D eigenvalue weighted by molar-refractivity contribution is 6.38. The third-order valence-corrected chi connectivity index (χ3v) is 4.85. The van der Waals surface area contributed by atoms with Crippen molar-refractivity contribution in [1.82, 2.24) is 4.90 Å². The number of ether oxygens (including phenoxy) is 1. The van der Waals surface area contributed by atoms with Gasteiger partial charge in [0.25, 0.3) is 5.91 Å². The summed E-state index contributed by atoms with van der Waals surface area (Å²) < 4.78 is 5.57. The first-order valence-corrected chi connectivity index (χ1v) is 9.72. The Balaban J connectivity index is 1.90. The standard InChI is InChI=1S/C23H25N3O4/c1-15-10-11-16(2)19(14-15)26-20(27)13-12-18(24-26)23(29)30-21(22(28)25(3)4)17-8-6-5-7-9-17/h5-11,14,21H,12-13H2,1-4H3/t21-/m1/s1. The Hall–Kier alpha value is -3.48. The number of esters is 1. The molecule has 0 saturated carbocycles. The van der Waals surface area contributed by atoms with Gasteiger partial charge in [-0.1, -0.05) is 42.5 Å². The summed E-state index contributed by atoms with van der Waals surface area (Å²) in [4.78, 5) is 39.4. The lowest BCUT2D eigenvalue weighted by atomic mass is 10.1. The van der Waals surface area contributed by atoms with E-state index in [-0.39, 0.29) is 30.4 Å². The molecule has 0 aromatic heterocycles. The molecule has 2 amide bonds. The fourth-order valence-electron chi connectivity index (χ4n) is 3.13. The first kappa shape index (κ1) is 21.2. The van der Waals surface area contributed by atoms with Crippen molar-refractivity contribution < 1.29 is 19.1 Å². The van der Waals surface area contributed by atoms with Gasteiger partial charge in [0.2, 0.25) is 12.0 Å². The molecular formula is C23H25N3O4. The summed E-state index contributed by atoms with van der Waals surface area (Å²) >= 11 is 0. The zero-order valence-corrected chi connectivity index (χ0v) is 17.6. The van der Waals surface area contributed by atoms with Gasteiger partial charge in [-0.3, -0.25) is 9.59 Å². The van der Waals surface area contributed by atoms with Gasteiger partial charge in [-0.2, -0.15) is 10.1 Å². The Morgan fingerprint density at radius 3 is 2.43 bits per heavy atom. The first-order valence-electron chi connectivity index (χ1n) is 9.72. The summed E-state index contributed by atoms with van der Waals surface area (Å²) in [6.45, 7) is 3.80. The van der Waals surface area contributed by atoms with Crippen molar-refractivity contribution in [2.24, 2.45) is 5.10 Å². The van der Waals surface area contributed by atoms with Gasteiger partial charge < -0.3 is 9.64 Å². The topological polar surface area (TPSA) is 79.3 Å². The van der Waals surface area contributed by atoms with Gasteiger partial charge in [-0.25, -0.2) is 4.79 Å². The number of nitrogens with zero attached hydrogens (tertiary/aromatic N) is 3. The van der Waals surface area contributed by atoms with Gasteiger partial charge in [-0.15, -0.1) is 0 Å². The maximum Gasteiger partial charge on any atom is 0.355 e. The van der Waals surface area contributed by atoms with E-state index in [1.165, 1.54) is 9.91 Å². The highest BCUT2D eigenvalue weighted by Gasteiger charge is 2.32. The second-order valence-corrected chi connectivity index (χ2v) is 7.47. The molecule has 1 heterocycles. The van der Waals surface area contributed by atoms with E-state index in [2.05, 4.69) is 5.10 Å². The van der Waals surface area contributed by atoms with Crippen molar-refractivity contribution in [3.8, 4) is 0 Å². The van der Waals surface area contributed by atoms with Crippen LogP contribution in [0.5, 0.6) is 0 Å². The van der Waals surface area contributed by atoms with Crippen molar-refractivity contribution in [1.29, 1.82) is 0 Å². The van der Waals surface area contributed by atoms with E-state index in [1.54, 1.807) is 38.4 Å². The molecule has 7 nitrogen and oxygen atoms in total. The number of hydrazone groups is 1. The smallest absolute Gasteiger partial charge is 0.355 e. The lowest BCUT2D eigenvalue weighted by Crippen LogP contribution is -2.37. The SMILES string of the molecule is Cc1ccc(C)c(N2N=C(C(=O)O[C@@H](C(=O)N(C)C)c3ccccc3)CCC2=O)c1. The quantitative estimate of drug-likeness (QED) is 0.713. The molecule has 0 saturated heterocycles. The van der Waals surface area contributed by atoms with E-state index >= 15 is 0 Å². The number of carbonyl (C=O) groups excluding carboxylic acids is 3. The van der Waals surface area contributed by atoms with Gasteiger partial charge in [0.1, 0.15) is 5.71 Å². The van der Waals surface area contributed by atoms with Gasteiger partial charge in [0, 0.05) is 32.5 Å². The van der Waals surface area contributed by atoms with Crippen LogP contribution in [0, 0.1) is 13.8 Å². The molecule has 156 valence electrons. The van der Waals surface area contributed by atoms with Crippen molar-refractivity contribution in [3.05, 3.63) is 65.2 Å². The number of likely N-dealkylation sites (N-methyl/N-ethyl adjacent to an activating group) is 1. The van der Waals surface area contributed by atoms with Crippen LogP contribution < -0.4 is 5.01 Å². The van der Waals surface area contributed by atoms with E-state index in [4.69, 9.17) is 4.74 Å². The molecule has 1 aliphatic rings. The third kappa shape index (κ3) is 4.56. The predicted octanol–water partition coefficient (Wildman–Crippen LogP) is 3.16. The van der Waals surface area contributed by atoms with Crippen molar-refractivity contribution in [2.45, 2.75) is 32.8 Å². The Labute approximate surface area is 175 Å². The minimum atomic E-state index is -1.08. The molecule has 7 heteroatoms. The highest BCUT2D eigenvalue weighted by atomic mass is 16.5. The molecule has 0 radical (unpaired) electrons. The maximum atomic E-state index is 12.9. The van der Waals surface area contributed by atoms with E-state index in [9.17, 15) is 14.4 Å². The molecule has 0 unspecified atom stereocenters. The molecule has 0 bridgehead atoms. The summed E-state index contributed by atoms with van der Waals surface area (Å²) in [6, 6.07) is 14.5. The monoisotopic (exact) mass is 407 g/mol. The van der Waals surface area contributed by atoms with Crippen molar-refractivity contribution in [3.63, 3.8) is 0 Å². The van der Waals surface area contributed by atoms with Gasteiger partial charge in [0.05, 0.1) is 5.69 Å². The van der Waals surface area contributed by atoms with Crippen LogP contribution in [-0.2, 0) is 19.1 Å². The van der Waals surface area contributed by atoms with E-state index in [1.807, 2.05) is 38.1 Å². The molecule has 1 atom stereocenters. The van der Waals surface area contributed by atoms with Crippen LogP contribution in [0.15, 0.2) is 53.6 Å². The zero-order chi connectivity index (χ0) is 21.8. The summed E-state index contributed by atoms with van der Waals surface area (Å²) in [5.74, 6) is -1.25. The maximum absolute atomic E-state index is 12.9. The van der Waals surface area contributed by atoms with Crippen LogP contribution in [0.25, 0.3) is 0 Å². The minimum Gasteiger partial charge on any atom is -0.443 e. The van der Waals surface area contributed by atoms with Crippen LogP contribution in [0.2, 0.25) is 0 Å². The normalized spacial score (nSPS) is 14.7. The number of anilines is 1. The Morgan fingerprint density at radius 1 is 1.07 bits per heavy atom. The molecule has 1 aliphatic heterocycles. The molecule has 0 aliphatic carbocycles. The van der Waals surface area contributed by atoms with Crippen LogP contribution >= 0.6 is 0 Å². The number of carbonyl (C=O) groups is 3. The molecule has 3 rings (SSSR count). The predicted molar refractivity (Wildman–Crippen MR) is 114 cm³/mol. The molecule has 0 spiro atoms. The van der Waals surface area contributed by atoms with Crippen LogP contribution in [0.4, 0.5) is 5.69 Å². The zero-order valence-electron chi connectivity index (χ0n) is 17.6. The first-order chi connectivity index (χ1) is 14.3. The largest absolute Gasteiger partial charge is 0.443 e. The van der Waals surface area contributed by atoms with Crippen molar-refractivity contribution in [2.75, 3.05) is 19.1 Å². The lowest BCUT2D eigenvalue weighted by Gasteiger charge is -2.26. The van der Waals surface area contributed by atoms with Crippen LogP contribution in [-0.4, -0.2) is 42.5 Å². The molecule has 2 aromatic rings. The molecule has 0 N–H and O–H groups in total. The molecular weight excluding hydrogens is 382 g/mol. The van der Waals surface area contributed by atoms with Crippen molar-refractivity contribution >= 4 is 29.2 Å². The Kier molecular flexibility index (Phi) is 6.30. The molecule has 30 heavy (non-hydrogen) atoms. The number of hydrogen-bond acceptors (Lipinski definition) is 5. The van der Waals surface area contributed by atoms with E-state index in [0.717, 1.165) is 11.1 Å². The minimum absolute atomic E-state index is 0.114. The second-order valence-electron chi connectivity index (χ2n) is 7.47. The molecule has 2 aromatic carbocycles. The van der Waals surface area contributed by atoms with Gasteiger partial charge in [0.15, 0.2) is 0 Å². The van der Waals surface area contributed by atoms with E-state index < -0.39 is 12.1 Å². The van der Waals surface area contributed by atoms with Crippen LogP contribution in [0.1, 0.15) is 35.6 Å². The fraction of sp³-hybridized carbons (Fsp3) is 0.304. The summed E-state index contributed by atoms with van der Waals surface area (Å²) in [5.41, 5.74) is 3.17. The van der Waals surface area contributed by atoms with E-state index in [0.29, 0.717) is 11.3 Å². The number of rotatable bonds is 5. The number of aryl methyl sites for hydroxylation is 2. The fourth-order valence-corrected chi connectivity index (χ4v) is 3.13. The average molecular weight is 407 g/mol. The van der Waals surface area contributed by atoms with Crippen LogP contribution in [0.3, 0.4) is 0 Å². The summed E-state index contributed by atoms with van der Waals surface area (Å²) in [6.07, 6.45) is -0.779. The Morgan fingerprint density at radius 2 is 1.77 bits per heavy atom. The summed E-state index contributed by atoms with van der Waals surface area (Å²) in [5, 5.41) is 5.54. The number of benzene rings is 2. The number of hydrogen-bond donors (Lipinski definition) is 0. The average Bonchev–Trinajstić information content (AvgIpc) is 2.74. The second kappa shape index (κ2) is 8.90. The summed E-state index contributed by atoms with van der Waals surface area (Å²) in [7, 11) is 3.20. The third-order valence-electron chi connectivity index (χ3n) is 4.85. The lowest BCUT2D eigenvalue weighted by molar-refractivity contribution is -0.154. The van der Waals surface area contributed by atoms with Gasteiger partial charge in [-0.05, 0) is 31.0 Å². The highest BCUT2D eigenvalue weighted by Crippen LogP contribution is 2.26. The van der Waals surface area contributed by atoms with Gasteiger partial charge >= 0.3 is 5.97 Å². The molecule has 0 fully saturated rings.